The maximum Gasteiger partial charge on any atom is 0.412 e. The second-order valence-corrected chi connectivity index (χ2v) is 5.28. The summed E-state index contributed by atoms with van der Waals surface area (Å²) in [5, 5.41) is 29.5. The van der Waals surface area contributed by atoms with Crippen LogP contribution in [-0.4, -0.2) is 22.9 Å². The number of nitriles is 1. The van der Waals surface area contributed by atoms with Crippen molar-refractivity contribution in [2.45, 2.75) is 18.9 Å². The lowest BCUT2D eigenvalue weighted by Crippen LogP contribution is -2.18. The van der Waals surface area contributed by atoms with Gasteiger partial charge < -0.3 is 14.9 Å². The van der Waals surface area contributed by atoms with Gasteiger partial charge in [-0.1, -0.05) is 6.07 Å². The minimum Gasteiger partial charge on any atom is -0.505 e. The van der Waals surface area contributed by atoms with E-state index in [0.29, 0.717) is 29.7 Å². The van der Waals surface area contributed by atoms with Gasteiger partial charge in [0.15, 0.2) is 11.6 Å². The van der Waals surface area contributed by atoms with Crippen molar-refractivity contribution < 1.29 is 24.1 Å². The summed E-state index contributed by atoms with van der Waals surface area (Å²) in [6, 6.07) is 11.9. The van der Waals surface area contributed by atoms with Crippen LogP contribution in [0.15, 0.2) is 42.5 Å². The number of hydrogen-bond donors (Lipinski definition) is 3. The van der Waals surface area contributed by atoms with Gasteiger partial charge in [-0.3, -0.25) is 5.32 Å². The number of phenols is 1. The van der Waals surface area contributed by atoms with E-state index in [1.54, 1.807) is 24.3 Å². The summed E-state index contributed by atoms with van der Waals surface area (Å²) in [5.74, 6) is -1.31. The van der Waals surface area contributed by atoms with Crippen molar-refractivity contribution in [3.63, 3.8) is 0 Å². The number of ether oxygens (including phenoxy) is 1. The summed E-state index contributed by atoms with van der Waals surface area (Å²) in [5.41, 5.74) is 1.28. The topological polar surface area (TPSA) is 103 Å². The Morgan fingerprint density at radius 3 is 2.60 bits per heavy atom. The molecule has 2 aromatic rings. The fraction of sp³-hybridized carbons (Fsp3) is 0.222. The first-order valence-electron chi connectivity index (χ1n) is 7.60. The molecule has 0 fully saturated rings. The molecule has 1 atom stereocenters. The Balaban J connectivity index is 2.08. The standard InChI is InChI=1S/C18H17FN2O4/c19-15-10-13(5-8-16(15)23)17(2-1-9-22)25-18(24)21-14-6-3-12(11-20)4-7-14/h3-8,10,17,22-23H,1-2,9H2,(H,21,24)/t17-/m0/s1. The summed E-state index contributed by atoms with van der Waals surface area (Å²) < 4.78 is 18.9. The number of aliphatic hydroxyl groups excluding tert-OH is 1. The van der Waals surface area contributed by atoms with Crippen molar-refractivity contribution >= 4 is 11.8 Å². The summed E-state index contributed by atoms with van der Waals surface area (Å²) in [7, 11) is 0. The number of carbonyl (C=O) groups is 1. The SMILES string of the molecule is N#Cc1ccc(NC(=O)O[C@@H](CCCO)c2ccc(O)c(F)c2)cc1. The molecule has 0 saturated heterocycles. The Bertz CT molecular complexity index is 772. The number of rotatable bonds is 6. The van der Waals surface area contributed by atoms with Gasteiger partial charge in [-0.2, -0.15) is 5.26 Å². The van der Waals surface area contributed by atoms with Gasteiger partial charge in [0, 0.05) is 12.3 Å². The van der Waals surface area contributed by atoms with Gasteiger partial charge in [0.05, 0.1) is 11.6 Å². The minimum atomic E-state index is -0.817. The molecule has 0 aromatic heterocycles. The Morgan fingerprint density at radius 1 is 1.28 bits per heavy atom. The van der Waals surface area contributed by atoms with E-state index in [1.807, 2.05) is 6.07 Å². The molecule has 25 heavy (non-hydrogen) atoms. The van der Waals surface area contributed by atoms with E-state index in [0.717, 1.165) is 6.07 Å². The van der Waals surface area contributed by atoms with Crippen LogP contribution < -0.4 is 5.32 Å². The number of nitrogens with one attached hydrogen (secondary N) is 1. The van der Waals surface area contributed by atoms with Crippen LogP contribution in [0.5, 0.6) is 5.75 Å². The van der Waals surface area contributed by atoms with Crippen LogP contribution >= 0.6 is 0 Å². The predicted molar refractivity (Wildman–Crippen MR) is 88.4 cm³/mol. The Kier molecular flexibility index (Phi) is 6.32. The first kappa shape index (κ1) is 18.2. The van der Waals surface area contributed by atoms with Crippen molar-refractivity contribution in [1.82, 2.24) is 0 Å². The van der Waals surface area contributed by atoms with E-state index < -0.39 is 23.8 Å². The molecule has 7 heteroatoms. The number of aliphatic hydroxyl groups is 1. The lowest BCUT2D eigenvalue weighted by atomic mass is 10.0. The maximum atomic E-state index is 13.5. The molecule has 2 rings (SSSR count). The van der Waals surface area contributed by atoms with Crippen LogP contribution in [0.25, 0.3) is 0 Å². The highest BCUT2D eigenvalue weighted by molar-refractivity contribution is 5.84. The largest absolute Gasteiger partial charge is 0.505 e. The maximum absolute atomic E-state index is 13.5. The second kappa shape index (κ2) is 8.66. The zero-order valence-corrected chi connectivity index (χ0v) is 13.3. The van der Waals surface area contributed by atoms with E-state index in [2.05, 4.69) is 5.32 Å². The number of phenolic OH excluding ortho intramolecular Hbond substituents is 1. The smallest absolute Gasteiger partial charge is 0.412 e. The monoisotopic (exact) mass is 344 g/mol. The van der Waals surface area contributed by atoms with Gasteiger partial charge in [-0.25, -0.2) is 9.18 Å². The molecule has 130 valence electrons. The van der Waals surface area contributed by atoms with E-state index >= 15 is 0 Å². The zero-order chi connectivity index (χ0) is 18.2. The number of amides is 1. The molecular formula is C18H17FN2O4. The molecule has 0 heterocycles. The normalized spacial score (nSPS) is 11.4. The van der Waals surface area contributed by atoms with E-state index in [1.165, 1.54) is 12.1 Å². The molecule has 0 radical (unpaired) electrons. The number of halogens is 1. The van der Waals surface area contributed by atoms with Crippen LogP contribution in [0.2, 0.25) is 0 Å². The van der Waals surface area contributed by atoms with Crippen LogP contribution in [0.1, 0.15) is 30.1 Å². The lowest BCUT2D eigenvalue weighted by Gasteiger charge is -2.18. The van der Waals surface area contributed by atoms with Gasteiger partial charge in [0.1, 0.15) is 6.10 Å². The highest BCUT2D eigenvalue weighted by Gasteiger charge is 2.18. The molecule has 3 N–H and O–H groups in total. The van der Waals surface area contributed by atoms with Gasteiger partial charge in [-0.05, 0) is 54.8 Å². The third kappa shape index (κ3) is 5.19. The Morgan fingerprint density at radius 2 is 2.00 bits per heavy atom. The van der Waals surface area contributed by atoms with Gasteiger partial charge in [-0.15, -0.1) is 0 Å². The first-order chi connectivity index (χ1) is 12.0. The second-order valence-electron chi connectivity index (χ2n) is 5.28. The predicted octanol–water partition coefficient (Wildman–Crippen LogP) is 3.47. The fourth-order valence-corrected chi connectivity index (χ4v) is 2.20. The third-order valence-corrected chi connectivity index (χ3v) is 3.48. The van der Waals surface area contributed by atoms with Crippen LogP contribution in [0.3, 0.4) is 0 Å². The third-order valence-electron chi connectivity index (χ3n) is 3.48. The number of benzene rings is 2. The fourth-order valence-electron chi connectivity index (χ4n) is 2.20. The number of aromatic hydroxyl groups is 1. The van der Waals surface area contributed by atoms with Crippen molar-refractivity contribution in [2.24, 2.45) is 0 Å². The summed E-state index contributed by atoms with van der Waals surface area (Å²) >= 11 is 0. The van der Waals surface area contributed by atoms with E-state index in [9.17, 15) is 14.3 Å². The van der Waals surface area contributed by atoms with Gasteiger partial charge in [0.25, 0.3) is 0 Å². The average molecular weight is 344 g/mol. The van der Waals surface area contributed by atoms with Crippen molar-refractivity contribution in [3.05, 3.63) is 59.4 Å². The molecule has 0 aliphatic rings. The summed E-state index contributed by atoms with van der Waals surface area (Å²) in [6.07, 6.45) is -0.875. The summed E-state index contributed by atoms with van der Waals surface area (Å²) in [6.45, 7) is -0.0995. The molecule has 0 aliphatic heterocycles. The molecule has 0 spiro atoms. The quantitative estimate of drug-likeness (QED) is 0.745. The Labute approximate surface area is 144 Å². The van der Waals surface area contributed by atoms with Crippen molar-refractivity contribution in [2.75, 3.05) is 11.9 Å². The molecule has 0 aliphatic carbocycles. The summed E-state index contributed by atoms with van der Waals surface area (Å²) in [4.78, 5) is 12.1. The van der Waals surface area contributed by atoms with Gasteiger partial charge in [0.2, 0.25) is 0 Å². The molecule has 0 saturated carbocycles. The molecular weight excluding hydrogens is 327 g/mol. The Hall–Kier alpha value is -3.11. The number of carbonyl (C=O) groups excluding carboxylic acids is 1. The zero-order valence-electron chi connectivity index (χ0n) is 13.3. The number of nitrogens with zero attached hydrogens (tertiary/aromatic N) is 1. The van der Waals surface area contributed by atoms with Crippen LogP contribution in [0, 0.1) is 17.1 Å². The molecule has 0 unspecified atom stereocenters. The highest BCUT2D eigenvalue weighted by atomic mass is 19.1. The average Bonchev–Trinajstić information content (AvgIpc) is 2.61. The number of anilines is 1. The molecule has 6 nitrogen and oxygen atoms in total. The first-order valence-corrected chi connectivity index (χ1v) is 7.60. The van der Waals surface area contributed by atoms with Crippen LogP contribution in [-0.2, 0) is 4.74 Å². The van der Waals surface area contributed by atoms with Crippen molar-refractivity contribution in [1.29, 1.82) is 5.26 Å². The lowest BCUT2D eigenvalue weighted by molar-refractivity contribution is 0.0992. The van der Waals surface area contributed by atoms with Crippen molar-refractivity contribution in [3.8, 4) is 11.8 Å². The van der Waals surface area contributed by atoms with Crippen LogP contribution in [0.4, 0.5) is 14.9 Å². The molecule has 1 amide bonds. The number of hydrogen-bond acceptors (Lipinski definition) is 5. The highest BCUT2D eigenvalue weighted by Crippen LogP contribution is 2.27. The minimum absolute atomic E-state index is 0.0995. The molecule has 2 aromatic carbocycles. The molecule has 0 bridgehead atoms. The van der Waals surface area contributed by atoms with E-state index in [-0.39, 0.29) is 6.61 Å². The van der Waals surface area contributed by atoms with E-state index in [4.69, 9.17) is 15.1 Å². The van der Waals surface area contributed by atoms with Gasteiger partial charge >= 0.3 is 6.09 Å².